The molecule has 10 heteroatoms. The number of benzene rings is 1. The van der Waals surface area contributed by atoms with E-state index >= 15 is 0 Å². The van der Waals surface area contributed by atoms with E-state index in [4.69, 9.17) is 20.0 Å². The van der Waals surface area contributed by atoms with Crippen LogP contribution in [0.4, 0.5) is 5.82 Å². The summed E-state index contributed by atoms with van der Waals surface area (Å²) in [4.78, 5) is 9.95. The van der Waals surface area contributed by atoms with Gasteiger partial charge in [-0.05, 0) is 59.1 Å². The molecule has 206 valence electrons. The van der Waals surface area contributed by atoms with Crippen LogP contribution in [0.25, 0.3) is 11.0 Å². The highest BCUT2D eigenvalue weighted by molar-refractivity contribution is 7.99. The molecule has 2 aromatic heterocycles. The molecule has 1 saturated heterocycles. The number of rotatable bonds is 9. The van der Waals surface area contributed by atoms with Gasteiger partial charge >= 0.3 is 0 Å². The molecule has 0 bridgehead atoms. The lowest BCUT2D eigenvalue weighted by molar-refractivity contribution is -0.0458. The molecule has 8 nitrogen and oxygen atoms in total. The zero-order valence-electron chi connectivity index (χ0n) is 23.3. The first-order valence-corrected chi connectivity index (χ1v) is 16.8. The number of fused-ring (bicyclic) bond motifs is 2. The number of anilines is 1. The minimum absolute atomic E-state index is 0.104. The summed E-state index contributed by atoms with van der Waals surface area (Å²) in [5, 5.41) is 16.8. The van der Waals surface area contributed by atoms with Gasteiger partial charge in [-0.3, -0.25) is 0 Å². The van der Waals surface area contributed by atoms with Crippen LogP contribution in [0.5, 0.6) is 0 Å². The fraction of sp³-hybridized carbons (Fsp3) is 0.607. The van der Waals surface area contributed by atoms with Crippen LogP contribution in [0.2, 0.25) is 16.6 Å². The van der Waals surface area contributed by atoms with Gasteiger partial charge in [-0.2, -0.15) is 5.10 Å². The van der Waals surface area contributed by atoms with E-state index in [0.717, 1.165) is 28.1 Å². The first-order chi connectivity index (χ1) is 18.1. The van der Waals surface area contributed by atoms with Crippen molar-refractivity contribution in [1.82, 2.24) is 19.7 Å². The molecule has 38 heavy (non-hydrogen) atoms. The normalized spacial score (nSPS) is 21.9. The summed E-state index contributed by atoms with van der Waals surface area (Å²) < 4.78 is 15.3. The lowest BCUT2D eigenvalue weighted by Crippen LogP contribution is -2.51. The Morgan fingerprint density at radius 2 is 1.82 bits per heavy atom. The predicted molar refractivity (Wildman–Crippen MR) is 154 cm³/mol. The van der Waals surface area contributed by atoms with Crippen molar-refractivity contribution in [2.24, 2.45) is 0 Å². The van der Waals surface area contributed by atoms with Crippen LogP contribution in [0.3, 0.4) is 0 Å². The number of hydrogen-bond acceptors (Lipinski definition) is 8. The molecule has 1 aliphatic carbocycles. The number of nitrogen functional groups attached to an aromatic ring is 1. The molecular formula is C28H41N5O3SSi. The monoisotopic (exact) mass is 555 g/mol. The molecule has 0 radical (unpaired) electrons. The molecule has 1 aliphatic heterocycles. The van der Waals surface area contributed by atoms with Gasteiger partial charge in [-0.15, -0.1) is 0 Å². The van der Waals surface area contributed by atoms with Crippen LogP contribution in [0, 0.1) is 0 Å². The molecule has 3 aromatic rings. The van der Waals surface area contributed by atoms with Crippen molar-refractivity contribution in [3.8, 4) is 0 Å². The maximum atomic E-state index is 10.3. The summed E-state index contributed by atoms with van der Waals surface area (Å²) in [5.74, 6) is 0.403. The summed E-state index contributed by atoms with van der Waals surface area (Å²) in [6.45, 7) is 13.5. The van der Waals surface area contributed by atoms with Gasteiger partial charge in [-0.1, -0.05) is 59.4 Å². The van der Waals surface area contributed by atoms with Crippen LogP contribution in [-0.2, 0) is 22.0 Å². The van der Waals surface area contributed by atoms with Crippen molar-refractivity contribution in [2.75, 3.05) is 12.3 Å². The number of nitrogens with zero attached hydrogens (tertiary/aromatic N) is 4. The number of aromatic nitrogens is 4. The number of ether oxygens (including phenoxy) is 1. The van der Waals surface area contributed by atoms with Crippen LogP contribution in [0.15, 0.2) is 34.4 Å². The molecule has 3 N–H and O–H groups in total. The van der Waals surface area contributed by atoms with Crippen molar-refractivity contribution >= 4 is 36.9 Å². The van der Waals surface area contributed by atoms with Crippen molar-refractivity contribution < 1.29 is 14.3 Å². The summed E-state index contributed by atoms with van der Waals surface area (Å²) in [6.07, 6.45) is 4.51. The van der Waals surface area contributed by atoms with Crippen molar-refractivity contribution in [1.29, 1.82) is 0 Å². The van der Waals surface area contributed by atoms with Crippen LogP contribution >= 0.6 is 11.8 Å². The van der Waals surface area contributed by atoms with Crippen LogP contribution in [0.1, 0.15) is 71.7 Å². The van der Waals surface area contributed by atoms with Gasteiger partial charge in [0.15, 0.2) is 11.9 Å². The van der Waals surface area contributed by atoms with Gasteiger partial charge in [0.1, 0.15) is 23.3 Å². The Kier molecular flexibility index (Phi) is 7.90. The van der Waals surface area contributed by atoms with Crippen LogP contribution < -0.4 is 5.73 Å². The number of aliphatic hydroxyl groups excluding tert-OH is 1. The molecule has 1 aromatic carbocycles. The highest BCUT2D eigenvalue weighted by atomic mass is 32.2. The maximum Gasteiger partial charge on any atom is 0.200 e. The Balaban J connectivity index is 1.47. The highest BCUT2D eigenvalue weighted by Crippen LogP contribution is 2.46. The molecule has 3 atom stereocenters. The third-order valence-electron chi connectivity index (χ3n) is 8.47. The predicted octanol–water partition coefficient (Wildman–Crippen LogP) is 5.89. The summed E-state index contributed by atoms with van der Waals surface area (Å²) in [5.41, 5.74) is 11.2. The standard InChI is InChI=1S/C28H41N5O3SSi/c1-16(2)38(17(3)4,18(5)6)36-22-13-24(35-23(22)14-34)33-27-25(26(29)30-15-31-27)28(32-33)37-21-11-10-19-8-7-9-20(19)12-21/h10-12,15-18,22-24,34H,7-9,13-14H2,1-6H3,(H2,29,30,31)/t22-,23+,24+/m0/s1. The van der Waals surface area contributed by atoms with Crippen LogP contribution in [-0.4, -0.2) is 52.0 Å². The van der Waals surface area contributed by atoms with Gasteiger partial charge in [-0.25, -0.2) is 14.6 Å². The third kappa shape index (κ3) is 4.79. The van der Waals surface area contributed by atoms with E-state index in [2.05, 4.69) is 69.7 Å². The van der Waals surface area contributed by atoms with Gasteiger partial charge < -0.3 is 20.0 Å². The molecule has 5 rings (SSSR count). The molecule has 0 amide bonds. The average molecular weight is 556 g/mol. The largest absolute Gasteiger partial charge is 0.410 e. The first-order valence-electron chi connectivity index (χ1n) is 13.9. The van der Waals surface area contributed by atoms with E-state index in [-0.39, 0.29) is 12.7 Å². The SMILES string of the molecule is CC(C)[Si](O[C@H]1C[C@H](n2nc(Sc3ccc4c(c3)CCC4)c3c(N)ncnc32)O[C@@H]1CO)(C(C)C)C(C)C. The Morgan fingerprint density at radius 1 is 1.11 bits per heavy atom. The van der Waals surface area contributed by atoms with Crippen molar-refractivity contribution in [2.45, 2.75) is 112 Å². The van der Waals surface area contributed by atoms with Crippen molar-refractivity contribution in [3.63, 3.8) is 0 Å². The number of nitrogens with two attached hydrogens (primary N) is 1. The number of aryl methyl sites for hydroxylation is 2. The molecule has 0 saturated carbocycles. The second kappa shape index (κ2) is 10.9. The molecule has 0 spiro atoms. The molecule has 3 heterocycles. The Morgan fingerprint density at radius 3 is 2.50 bits per heavy atom. The number of hydrogen-bond donors (Lipinski definition) is 2. The smallest absolute Gasteiger partial charge is 0.200 e. The fourth-order valence-electron chi connectivity index (χ4n) is 6.77. The second-order valence-corrected chi connectivity index (χ2v) is 18.1. The Hall–Kier alpha value is -1.98. The lowest BCUT2D eigenvalue weighted by Gasteiger charge is -2.44. The van der Waals surface area contributed by atoms with Gasteiger partial charge in [0.05, 0.1) is 18.1 Å². The van der Waals surface area contributed by atoms with Crippen molar-refractivity contribution in [3.05, 3.63) is 35.7 Å². The molecule has 0 unspecified atom stereocenters. The second-order valence-electron chi connectivity index (χ2n) is 11.6. The van der Waals surface area contributed by atoms with Gasteiger partial charge in [0.25, 0.3) is 0 Å². The maximum absolute atomic E-state index is 10.3. The Labute approximate surface area is 230 Å². The topological polar surface area (TPSA) is 108 Å². The zero-order chi connectivity index (χ0) is 27.2. The minimum Gasteiger partial charge on any atom is -0.410 e. The zero-order valence-corrected chi connectivity index (χ0v) is 25.2. The van der Waals surface area contributed by atoms with E-state index in [0.29, 0.717) is 34.5 Å². The minimum atomic E-state index is -2.17. The molecular weight excluding hydrogens is 514 g/mol. The van der Waals surface area contributed by atoms with E-state index in [1.54, 1.807) is 11.8 Å². The lowest BCUT2D eigenvalue weighted by atomic mass is 10.1. The summed E-state index contributed by atoms with van der Waals surface area (Å²) in [7, 11) is -2.17. The van der Waals surface area contributed by atoms with E-state index in [9.17, 15) is 5.11 Å². The fourth-order valence-corrected chi connectivity index (χ4v) is 13.3. The molecule has 2 aliphatic rings. The summed E-state index contributed by atoms with van der Waals surface area (Å²) in [6, 6.07) is 6.65. The van der Waals surface area contributed by atoms with E-state index in [1.807, 2.05) is 4.68 Å². The van der Waals surface area contributed by atoms with Gasteiger partial charge in [0, 0.05) is 11.3 Å². The molecule has 1 fully saturated rings. The summed E-state index contributed by atoms with van der Waals surface area (Å²) >= 11 is 1.58. The van der Waals surface area contributed by atoms with Gasteiger partial charge in [0.2, 0.25) is 8.32 Å². The highest BCUT2D eigenvalue weighted by Gasteiger charge is 2.50. The average Bonchev–Trinajstić information content (AvgIpc) is 3.59. The van der Waals surface area contributed by atoms with E-state index in [1.165, 1.54) is 23.9 Å². The first kappa shape index (κ1) is 27.6. The Bertz CT molecular complexity index is 1280. The quantitative estimate of drug-likeness (QED) is 0.315. The van der Waals surface area contributed by atoms with E-state index < -0.39 is 20.6 Å². The third-order valence-corrected chi connectivity index (χ3v) is 15.6. The number of aliphatic hydroxyl groups is 1.